The van der Waals surface area contributed by atoms with E-state index in [-0.39, 0.29) is 23.7 Å². The minimum absolute atomic E-state index is 0.00704. The van der Waals surface area contributed by atoms with E-state index in [9.17, 15) is 18.4 Å². The number of amides is 2. The molecule has 4 atom stereocenters. The summed E-state index contributed by atoms with van der Waals surface area (Å²) in [5, 5.41) is 0. The maximum atomic E-state index is 11.9. The molecule has 4 unspecified atom stereocenters. The van der Waals surface area contributed by atoms with Gasteiger partial charge in [-0.1, -0.05) is 6.42 Å². The number of nitrogens with zero attached hydrogens (tertiary/aromatic N) is 2. The summed E-state index contributed by atoms with van der Waals surface area (Å²) in [6, 6.07) is 5.08. The predicted octanol–water partition coefficient (Wildman–Crippen LogP) is 1.77. The van der Waals surface area contributed by atoms with Crippen LogP contribution in [0, 0.1) is 23.5 Å². The van der Waals surface area contributed by atoms with Crippen LogP contribution in [0.15, 0.2) is 24.3 Å². The molecule has 0 radical (unpaired) electrons. The minimum Gasteiger partial charge on any atom is -0.328 e. The molecule has 0 bridgehead atoms. The highest BCUT2D eigenvalue weighted by Crippen LogP contribution is 2.36. The Kier molecular flexibility index (Phi) is 5.67. The second-order valence-corrected chi connectivity index (χ2v) is 7.42. The van der Waals surface area contributed by atoms with Gasteiger partial charge in [0.05, 0.1) is 11.8 Å². The molecule has 142 valence electrons. The van der Waals surface area contributed by atoms with Crippen molar-refractivity contribution in [1.82, 2.24) is 9.80 Å². The molecule has 26 heavy (non-hydrogen) atoms. The van der Waals surface area contributed by atoms with Crippen LogP contribution in [-0.4, -0.2) is 53.8 Å². The summed E-state index contributed by atoms with van der Waals surface area (Å²) in [5.74, 6) is -1.00. The Morgan fingerprint density at radius 2 is 1.46 bits per heavy atom. The third-order valence-electron chi connectivity index (χ3n) is 5.65. The van der Waals surface area contributed by atoms with Crippen LogP contribution < -0.4 is 5.73 Å². The maximum Gasteiger partial charge on any atom is 0.234 e. The summed E-state index contributed by atoms with van der Waals surface area (Å²) in [6.45, 7) is 1.49. The number of likely N-dealkylation sites (tertiary alicyclic amines) is 2. The fourth-order valence-electron chi connectivity index (χ4n) is 4.20. The zero-order chi connectivity index (χ0) is 18.8. The zero-order valence-corrected chi connectivity index (χ0v) is 14.9. The molecule has 3 aliphatic rings. The third-order valence-corrected chi connectivity index (χ3v) is 5.65. The number of nitrogens with two attached hydrogens (primary N) is 1. The van der Waals surface area contributed by atoms with Crippen LogP contribution in [0.1, 0.15) is 25.7 Å². The molecule has 0 aromatic heterocycles. The first-order chi connectivity index (χ1) is 12.4. The van der Waals surface area contributed by atoms with Crippen LogP contribution >= 0.6 is 0 Å². The largest absolute Gasteiger partial charge is 0.328 e. The van der Waals surface area contributed by atoms with Crippen molar-refractivity contribution in [2.75, 3.05) is 20.1 Å². The Morgan fingerprint density at radius 3 is 1.92 bits per heavy atom. The molecule has 3 fully saturated rings. The Morgan fingerprint density at radius 1 is 0.962 bits per heavy atom. The lowest BCUT2D eigenvalue weighted by molar-refractivity contribution is -0.139. The second kappa shape index (κ2) is 7.80. The molecule has 2 saturated heterocycles. The van der Waals surface area contributed by atoms with Crippen molar-refractivity contribution < 1.29 is 18.4 Å². The highest BCUT2D eigenvalue weighted by Gasteiger charge is 2.52. The van der Waals surface area contributed by atoms with E-state index in [1.165, 1.54) is 11.3 Å². The summed E-state index contributed by atoms with van der Waals surface area (Å²) in [5.41, 5.74) is 6.02. The molecule has 2 amide bonds. The predicted molar refractivity (Wildman–Crippen MR) is 92.9 cm³/mol. The first-order valence-corrected chi connectivity index (χ1v) is 9.09. The van der Waals surface area contributed by atoms with Crippen LogP contribution in [0.25, 0.3) is 0 Å². The fraction of sp³-hybridized carbons (Fsp3) is 0.579. The number of halogens is 2. The Balaban J connectivity index is 0.000000206. The van der Waals surface area contributed by atoms with E-state index in [4.69, 9.17) is 5.73 Å². The summed E-state index contributed by atoms with van der Waals surface area (Å²) < 4.78 is 23.8. The van der Waals surface area contributed by atoms with E-state index in [1.807, 2.05) is 0 Å². The number of hydrogen-bond acceptors (Lipinski definition) is 4. The third kappa shape index (κ3) is 3.94. The molecule has 1 aromatic carbocycles. The van der Waals surface area contributed by atoms with Crippen molar-refractivity contribution in [2.45, 2.75) is 37.8 Å². The van der Waals surface area contributed by atoms with Gasteiger partial charge in [-0.05, 0) is 43.5 Å². The molecular formula is C19H25F2N3O2. The number of benzene rings is 1. The first-order valence-electron chi connectivity index (χ1n) is 9.09. The zero-order valence-electron chi connectivity index (χ0n) is 14.9. The number of carbonyl (C=O) groups is 2. The van der Waals surface area contributed by atoms with Crippen molar-refractivity contribution in [3.05, 3.63) is 35.9 Å². The van der Waals surface area contributed by atoms with Gasteiger partial charge in [-0.15, -0.1) is 0 Å². The fourth-order valence-corrected chi connectivity index (χ4v) is 4.20. The van der Waals surface area contributed by atoms with Gasteiger partial charge in [-0.25, -0.2) is 8.78 Å². The van der Waals surface area contributed by atoms with Gasteiger partial charge in [0, 0.05) is 32.2 Å². The number of rotatable bonds is 1. The lowest BCUT2D eigenvalue weighted by Gasteiger charge is -2.34. The molecule has 4 rings (SSSR count). The molecule has 1 saturated carbocycles. The number of hydrogen-bond donors (Lipinski definition) is 1. The highest BCUT2D eigenvalue weighted by atomic mass is 19.1. The van der Waals surface area contributed by atoms with Gasteiger partial charge in [0.1, 0.15) is 11.6 Å². The average Bonchev–Trinajstić information content (AvgIpc) is 3.15. The quantitative estimate of drug-likeness (QED) is 0.771. The molecule has 0 spiro atoms. The number of imide groups is 1. The van der Waals surface area contributed by atoms with Crippen LogP contribution in [-0.2, 0) is 9.59 Å². The van der Waals surface area contributed by atoms with Crippen LogP contribution in [0.2, 0.25) is 0 Å². The van der Waals surface area contributed by atoms with Gasteiger partial charge >= 0.3 is 0 Å². The lowest BCUT2D eigenvalue weighted by atomic mass is 9.90. The Hall–Kier alpha value is -1.86. The van der Waals surface area contributed by atoms with Crippen LogP contribution in [0.5, 0.6) is 0 Å². The summed E-state index contributed by atoms with van der Waals surface area (Å²) >= 11 is 0. The standard InChI is InChI=1S/C13H21N3O2.C6H4F2/c1-15-12(17)10-6-16(7-11(10)13(15)18)9-4-2-3-8(14)5-9;7-5-1-2-6(8)4-3-5/h8-11H,2-7,14H2,1H3;1-4H. The van der Waals surface area contributed by atoms with Gasteiger partial charge < -0.3 is 5.73 Å². The summed E-state index contributed by atoms with van der Waals surface area (Å²) in [4.78, 5) is 27.5. The van der Waals surface area contributed by atoms with Crippen molar-refractivity contribution in [3.8, 4) is 0 Å². The van der Waals surface area contributed by atoms with E-state index in [1.54, 1.807) is 7.05 Å². The smallest absolute Gasteiger partial charge is 0.234 e. The van der Waals surface area contributed by atoms with Crippen molar-refractivity contribution >= 4 is 11.8 Å². The molecule has 2 aliphatic heterocycles. The van der Waals surface area contributed by atoms with Gasteiger partial charge in [0.15, 0.2) is 0 Å². The summed E-state index contributed by atoms with van der Waals surface area (Å²) in [6.07, 6.45) is 4.44. The molecule has 2 N–H and O–H groups in total. The second-order valence-electron chi connectivity index (χ2n) is 7.42. The van der Waals surface area contributed by atoms with Crippen molar-refractivity contribution in [1.29, 1.82) is 0 Å². The molecule has 7 heteroatoms. The average molecular weight is 365 g/mol. The Bertz CT molecular complexity index is 622. The lowest BCUT2D eigenvalue weighted by Crippen LogP contribution is -2.43. The highest BCUT2D eigenvalue weighted by molar-refractivity contribution is 6.05. The van der Waals surface area contributed by atoms with Crippen LogP contribution in [0.4, 0.5) is 8.78 Å². The topological polar surface area (TPSA) is 66.6 Å². The number of fused-ring (bicyclic) bond motifs is 1. The van der Waals surface area contributed by atoms with E-state index in [2.05, 4.69) is 4.90 Å². The van der Waals surface area contributed by atoms with Gasteiger partial charge in [-0.3, -0.25) is 19.4 Å². The van der Waals surface area contributed by atoms with Crippen molar-refractivity contribution in [3.63, 3.8) is 0 Å². The van der Waals surface area contributed by atoms with Crippen LogP contribution in [0.3, 0.4) is 0 Å². The van der Waals surface area contributed by atoms with Gasteiger partial charge in [0.25, 0.3) is 0 Å². The van der Waals surface area contributed by atoms with E-state index < -0.39 is 11.6 Å². The minimum atomic E-state index is -0.411. The van der Waals surface area contributed by atoms with E-state index >= 15 is 0 Å². The van der Waals surface area contributed by atoms with E-state index in [0.29, 0.717) is 12.1 Å². The molecule has 1 aromatic rings. The van der Waals surface area contributed by atoms with Gasteiger partial charge in [0.2, 0.25) is 11.8 Å². The van der Waals surface area contributed by atoms with E-state index in [0.717, 1.165) is 56.6 Å². The molecular weight excluding hydrogens is 340 g/mol. The molecule has 5 nitrogen and oxygen atoms in total. The maximum absolute atomic E-state index is 11.9. The molecule has 1 aliphatic carbocycles. The number of carbonyl (C=O) groups excluding carboxylic acids is 2. The Labute approximate surface area is 152 Å². The first kappa shape index (κ1) is 18.9. The summed E-state index contributed by atoms with van der Waals surface area (Å²) in [7, 11) is 1.60. The van der Waals surface area contributed by atoms with Crippen molar-refractivity contribution in [2.24, 2.45) is 17.6 Å². The normalized spacial score (nSPS) is 31.6. The SMILES string of the molecule is CN1C(=O)C2CN(C3CCCC(N)C3)CC2C1=O.Fc1ccc(F)cc1. The molecule has 2 heterocycles. The monoisotopic (exact) mass is 365 g/mol. The van der Waals surface area contributed by atoms with Gasteiger partial charge in [-0.2, -0.15) is 0 Å².